The van der Waals surface area contributed by atoms with Gasteiger partial charge in [-0.15, -0.1) is 0 Å². The van der Waals surface area contributed by atoms with Crippen molar-refractivity contribution < 1.29 is 0 Å². The van der Waals surface area contributed by atoms with Crippen molar-refractivity contribution in [3.8, 4) is 45.3 Å². The van der Waals surface area contributed by atoms with Crippen LogP contribution in [0.15, 0.2) is 200 Å². The largest absolute Gasteiger partial charge is 0.309 e. The van der Waals surface area contributed by atoms with E-state index in [1.54, 1.807) is 0 Å². The van der Waals surface area contributed by atoms with Gasteiger partial charge in [-0.2, -0.15) is 0 Å². The molecule has 5 nitrogen and oxygen atoms in total. The molecule has 0 amide bonds. The van der Waals surface area contributed by atoms with Gasteiger partial charge in [-0.25, -0.2) is 15.0 Å². The molecule has 11 aromatic rings. The highest BCUT2D eigenvalue weighted by Crippen LogP contribution is 2.39. The normalized spacial score (nSPS) is 11.9. The molecule has 3 heterocycles. The smallest absolute Gasteiger partial charge is 0.163 e. The van der Waals surface area contributed by atoms with Crippen molar-refractivity contribution in [3.05, 3.63) is 212 Å². The molecule has 3 aromatic heterocycles. The fourth-order valence-electron chi connectivity index (χ4n) is 8.69. The number of hydrogen-bond acceptors (Lipinski definition) is 3. The van der Waals surface area contributed by atoms with Gasteiger partial charge < -0.3 is 9.13 Å². The van der Waals surface area contributed by atoms with Gasteiger partial charge in [0.05, 0.1) is 22.1 Å². The van der Waals surface area contributed by atoms with Crippen molar-refractivity contribution in [3.63, 3.8) is 0 Å². The predicted octanol–water partition coefficient (Wildman–Crippen LogP) is 13.4. The lowest BCUT2D eigenvalue weighted by molar-refractivity contribution is 0.587. The summed E-state index contributed by atoms with van der Waals surface area (Å²) in [5.74, 6) is 2.05. The van der Waals surface area contributed by atoms with E-state index < -0.39 is 5.41 Å². The Morgan fingerprint density at radius 1 is 0.339 bits per heavy atom. The fraction of sp³-hybridized carbons (Fsp3) is 0.0556. The van der Waals surface area contributed by atoms with Crippen LogP contribution in [0.5, 0.6) is 0 Å². The summed E-state index contributed by atoms with van der Waals surface area (Å²) in [5.41, 5.74) is 11.8. The third kappa shape index (κ3) is 5.81. The minimum atomic E-state index is -0.551. The van der Waals surface area contributed by atoms with Crippen molar-refractivity contribution in [1.82, 2.24) is 24.1 Å². The first kappa shape index (κ1) is 34.6. The second kappa shape index (κ2) is 13.8. The van der Waals surface area contributed by atoms with E-state index in [1.165, 1.54) is 43.7 Å². The van der Waals surface area contributed by atoms with E-state index in [4.69, 9.17) is 15.0 Å². The Labute approximate surface area is 342 Å². The number of hydrogen-bond donors (Lipinski definition) is 0. The molecule has 0 saturated heterocycles. The number of benzene rings is 8. The Balaban J connectivity index is 1.05. The molecule has 0 aliphatic carbocycles. The predicted molar refractivity (Wildman–Crippen MR) is 243 cm³/mol. The van der Waals surface area contributed by atoms with Gasteiger partial charge in [0.25, 0.3) is 0 Å². The van der Waals surface area contributed by atoms with Crippen LogP contribution in [0.25, 0.3) is 88.9 Å². The number of nitrogens with zero attached hydrogens (tertiary/aromatic N) is 5. The summed E-state index contributed by atoms with van der Waals surface area (Å²) in [5, 5.41) is 4.92. The molecular formula is C54H39N5. The summed E-state index contributed by atoms with van der Waals surface area (Å²) in [6, 6.07) is 71.1. The maximum Gasteiger partial charge on any atom is 0.163 e. The summed E-state index contributed by atoms with van der Waals surface area (Å²) in [6.45, 7) is 4.42. The molecule has 0 saturated carbocycles. The van der Waals surface area contributed by atoms with E-state index in [2.05, 4.69) is 187 Å². The highest BCUT2D eigenvalue weighted by molar-refractivity contribution is 6.12. The molecule has 59 heavy (non-hydrogen) atoms. The Bertz CT molecular complexity index is 3290. The van der Waals surface area contributed by atoms with Crippen molar-refractivity contribution in [2.24, 2.45) is 0 Å². The third-order valence-corrected chi connectivity index (χ3v) is 11.8. The Morgan fingerprint density at radius 3 is 1.49 bits per heavy atom. The summed E-state index contributed by atoms with van der Waals surface area (Å²) >= 11 is 0. The molecule has 0 spiro atoms. The van der Waals surface area contributed by atoms with Gasteiger partial charge >= 0.3 is 0 Å². The molecule has 8 aromatic carbocycles. The van der Waals surface area contributed by atoms with E-state index in [1.807, 2.05) is 36.4 Å². The molecule has 0 unspecified atom stereocenters. The molecule has 5 heteroatoms. The van der Waals surface area contributed by atoms with Crippen LogP contribution < -0.4 is 0 Å². The maximum atomic E-state index is 5.14. The average Bonchev–Trinajstić information content (AvgIpc) is 3.82. The first-order valence-electron chi connectivity index (χ1n) is 20.1. The lowest BCUT2D eigenvalue weighted by Gasteiger charge is -2.25. The van der Waals surface area contributed by atoms with Gasteiger partial charge in [0.1, 0.15) is 5.82 Å². The van der Waals surface area contributed by atoms with Crippen LogP contribution in [0, 0.1) is 0 Å². The van der Waals surface area contributed by atoms with E-state index in [0.29, 0.717) is 11.6 Å². The SMILES string of the molecule is CC(C)(c1cccc(-n2c3ccccc3c3ccc(-c4ccc5c(c4)c4ccccc4n5-c4ccccc4)cc32)c1)c1nc(-c2ccccc2)nc(-c2ccccc2)n1. The number of fused-ring (bicyclic) bond motifs is 6. The van der Waals surface area contributed by atoms with Gasteiger partial charge in [0.2, 0.25) is 0 Å². The summed E-state index contributed by atoms with van der Waals surface area (Å²) in [4.78, 5) is 15.2. The Kier molecular flexibility index (Phi) is 8.09. The molecule has 0 aliphatic heterocycles. The first-order chi connectivity index (χ1) is 29.0. The minimum absolute atomic E-state index is 0.551. The van der Waals surface area contributed by atoms with Gasteiger partial charge in [0, 0.05) is 49.5 Å². The highest BCUT2D eigenvalue weighted by Gasteiger charge is 2.29. The van der Waals surface area contributed by atoms with Crippen LogP contribution in [0.1, 0.15) is 25.2 Å². The van der Waals surface area contributed by atoms with Gasteiger partial charge in [-0.3, -0.25) is 0 Å². The second-order valence-corrected chi connectivity index (χ2v) is 15.7. The topological polar surface area (TPSA) is 48.5 Å². The van der Waals surface area contributed by atoms with Crippen molar-refractivity contribution in [1.29, 1.82) is 0 Å². The maximum absolute atomic E-state index is 5.14. The molecule has 0 fully saturated rings. The van der Waals surface area contributed by atoms with Crippen LogP contribution in [0.2, 0.25) is 0 Å². The van der Waals surface area contributed by atoms with E-state index in [0.717, 1.165) is 44.9 Å². The zero-order chi connectivity index (χ0) is 39.5. The van der Waals surface area contributed by atoms with Crippen LogP contribution in [-0.4, -0.2) is 24.1 Å². The molecular weight excluding hydrogens is 719 g/mol. The molecule has 0 atom stereocenters. The summed E-state index contributed by atoms with van der Waals surface area (Å²) < 4.78 is 4.78. The second-order valence-electron chi connectivity index (χ2n) is 15.7. The van der Waals surface area contributed by atoms with Crippen LogP contribution >= 0.6 is 0 Å². The third-order valence-electron chi connectivity index (χ3n) is 11.8. The monoisotopic (exact) mass is 757 g/mol. The number of aromatic nitrogens is 5. The molecule has 0 bridgehead atoms. The molecule has 11 rings (SSSR count). The lowest BCUT2D eigenvalue weighted by atomic mass is 9.83. The van der Waals surface area contributed by atoms with Gasteiger partial charge in [-0.05, 0) is 85.1 Å². The zero-order valence-corrected chi connectivity index (χ0v) is 32.8. The molecule has 0 N–H and O–H groups in total. The molecule has 0 aliphatic rings. The van der Waals surface area contributed by atoms with Crippen molar-refractivity contribution in [2.45, 2.75) is 19.3 Å². The van der Waals surface area contributed by atoms with Crippen LogP contribution in [0.4, 0.5) is 0 Å². The molecule has 280 valence electrons. The van der Waals surface area contributed by atoms with Gasteiger partial charge in [0.15, 0.2) is 11.6 Å². The fourth-order valence-corrected chi connectivity index (χ4v) is 8.69. The standard InChI is InChI=1S/C54H39N5/c1-54(2,53-56-51(36-17-6-3-7-18-36)55-52(57-53)37-19-8-4-9-20-37)40-21-16-24-42(35-40)59-47-27-14-12-25-43(47)45-31-29-39(34-50(45)59)38-30-32-49-46(33-38)44-26-13-15-28-48(44)58(49)41-22-10-5-11-23-41/h3-35H,1-2H3. The summed E-state index contributed by atoms with van der Waals surface area (Å²) in [6.07, 6.45) is 0. The van der Waals surface area contributed by atoms with Crippen molar-refractivity contribution >= 4 is 43.6 Å². The zero-order valence-electron chi connectivity index (χ0n) is 32.8. The number of rotatable bonds is 7. The van der Waals surface area contributed by atoms with E-state index in [-0.39, 0.29) is 0 Å². The average molecular weight is 758 g/mol. The van der Waals surface area contributed by atoms with E-state index in [9.17, 15) is 0 Å². The minimum Gasteiger partial charge on any atom is -0.309 e. The van der Waals surface area contributed by atoms with Crippen LogP contribution in [-0.2, 0) is 5.41 Å². The van der Waals surface area contributed by atoms with Gasteiger partial charge in [-0.1, -0.05) is 146 Å². The first-order valence-corrected chi connectivity index (χ1v) is 20.1. The quantitative estimate of drug-likeness (QED) is 0.163. The van der Waals surface area contributed by atoms with E-state index >= 15 is 0 Å². The molecule has 0 radical (unpaired) electrons. The highest BCUT2D eigenvalue weighted by atomic mass is 15.0. The Hall–Kier alpha value is -7.63. The van der Waals surface area contributed by atoms with Crippen LogP contribution in [0.3, 0.4) is 0 Å². The Morgan fingerprint density at radius 2 is 0.831 bits per heavy atom. The number of para-hydroxylation sites is 3. The van der Waals surface area contributed by atoms with Crippen molar-refractivity contribution in [2.75, 3.05) is 0 Å². The summed E-state index contributed by atoms with van der Waals surface area (Å²) in [7, 11) is 0. The lowest BCUT2D eigenvalue weighted by Crippen LogP contribution is -2.24.